The zero-order chi connectivity index (χ0) is 16.8. The Hall–Kier alpha value is -1.45. The van der Waals surface area contributed by atoms with Crippen molar-refractivity contribution in [3.63, 3.8) is 0 Å². The second-order valence-electron chi connectivity index (χ2n) is 5.40. The fourth-order valence-electron chi connectivity index (χ4n) is 2.48. The highest BCUT2D eigenvalue weighted by Crippen LogP contribution is 2.11. The molecule has 0 aromatic heterocycles. The Labute approximate surface area is 158 Å². The number of carbonyl (C=O) groups is 1. The lowest BCUT2D eigenvalue weighted by atomic mass is 10.2. The summed E-state index contributed by atoms with van der Waals surface area (Å²) < 4.78 is 26.9. The number of rotatable bonds is 3. The van der Waals surface area contributed by atoms with Gasteiger partial charge in [-0.1, -0.05) is 0 Å². The highest BCUT2D eigenvalue weighted by Gasteiger charge is 2.20. The van der Waals surface area contributed by atoms with Crippen molar-refractivity contribution in [2.24, 2.45) is 4.99 Å². The summed E-state index contributed by atoms with van der Waals surface area (Å²) in [5.41, 5.74) is 0.225. The third kappa shape index (κ3) is 5.57. The Bertz CT molecular complexity index is 589. The molecule has 8 heteroatoms. The van der Waals surface area contributed by atoms with Gasteiger partial charge < -0.3 is 15.1 Å². The zero-order valence-corrected chi connectivity index (χ0v) is 16.2. The normalized spacial score (nSPS) is 15.1. The van der Waals surface area contributed by atoms with Crippen LogP contribution in [-0.4, -0.2) is 54.4 Å². The van der Waals surface area contributed by atoms with Crippen molar-refractivity contribution < 1.29 is 13.6 Å². The molecule has 2 rings (SSSR count). The molecule has 0 radical (unpaired) electrons. The number of nitrogens with zero attached hydrogens (tertiary/aromatic N) is 3. The maximum atomic E-state index is 13.7. The van der Waals surface area contributed by atoms with Crippen molar-refractivity contribution in [2.45, 2.75) is 20.4 Å². The fraction of sp³-hybridized carbons (Fsp3) is 0.500. The predicted molar refractivity (Wildman–Crippen MR) is 100 cm³/mol. The molecule has 0 atom stereocenters. The average Bonchev–Trinajstić information content (AvgIpc) is 2.54. The van der Waals surface area contributed by atoms with Crippen LogP contribution in [0.2, 0.25) is 0 Å². The van der Waals surface area contributed by atoms with E-state index in [4.69, 9.17) is 0 Å². The standard InChI is InChI=1S/C16H22F2N4O.HI/c1-3-19-16(22-8-6-21(7-9-22)12(2)23)20-11-13-10-14(17)4-5-15(13)18;/h4-5,10H,3,6-9,11H2,1-2H3,(H,19,20);1H. The Morgan fingerprint density at radius 3 is 2.42 bits per heavy atom. The van der Waals surface area contributed by atoms with Crippen molar-refractivity contribution in [3.8, 4) is 0 Å². The van der Waals surface area contributed by atoms with Crippen LogP contribution in [0.1, 0.15) is 19.4 Å². The lowest BCUT2D eigenvalue weighted by Gasteiger charge is -2.36. The van der Waals surface area contributed by atoms with E-state index in [1.807, 2.05) is 11.8 Å². The number of hydrogen-bond acceptors (Lipinski definition) is 2. The summed E-state index contributed by atoms with van der Waals surface area (Å²) in [4.78, 5) is 19.6. The van der Waals surface area contributed by atoms with E-state index in [2.05, 4.69) is 10.3 Å². The van der Waals surface area contributed by atoms with Crippen molar-refractivity contribution >= 4 is 35.8 Å². The third-order valence-electron chi connectivity index (χ3n) is 3.77. The van der Waals surface area contributed by atoms with Crippen LogP contribution >= 0.6 is 24.0 Å². The number of carbonyl (C=O) groups excluding carboxylic acids is 1. The van der Waals surface area contributed by atoms with E-state index >= 15 is 0 Å². The van der Waals surface area contributed by atoms with Crippen LogP contribution in [0.5, 0.6) is 0 Å². The summed E-state index contributed by atoms with van der Waals surface area (Å²) in [5.74, 6) is -0.225. The number of amides is 1. The van der Waals surface area contributed by atoms with Crippen molar-refractivity contribution in [2.75, 3.05) is 32.7 Å². The third-order valence-corrected chi connectivity index (χ3v) is 3.77. The molecule has 1 aromatic rings. The highest BCUT2D eigenvalue weighted by molar-refractivity contribution is 14.0. The fourth-order valence-corrected chi connectivity index (χ4v) is 2.48. The number of piperazine rings is 1. The molecular weight excluding hydrogens is 429 g/mol. The second kappa shape index (κ2) is 9.75. The van der Waals surface area contributed by atoms with Crippen LogP contribution in [0, 0.1) is 11.6 Å². The van der Waals surface area contributed by atoms with Gasteiger partial charge in [-0.25, -0.2) is 13.8 Å². The molecule has 0 aliphatic carbocycles. The van der Waals surface area contributed by atoms with Crippen LogP contribution in [0.25, 0.3) is 0 Å². The molecule has 134 valence electrons. The minimum absolute atomic E-state index is 0. The molecule has 1 fully saturated rings. The zero-order valence-electron chi connectivity index (χ0n) is 13.9. The summed E-state index contributed by atoms with van der Waals surface area (Å²) >= 11 is 0. The van der Waals surface area contributed by atoms with E-state index in [0.717, 1.165) is 18.2 Å². The summed E-state index contributed by atoms with van der Waals surface area (Å²) in [6, 6.07) is 3.36. The molecule has 1 heterocycles. The highest BCUT2D eigenvalue weighted by atomic mass is 127. The molecule has 5 nitrogen and oxygen atoms in total. The van der Waals surface area contributed by atoms with Gasteiger partial charge in [0, 0.05) is 45.2 Å². The monoisotopic (exact) mass is 452 g/mol. The van der Waals surface area contributed by atoms with Gasteiger partial charge in [0.2, 0.25) is 5.91 Å². The number of nitrogens with one attached hydrogen (secondary N) is 1. The van der Waals surface area contributed by atoms with Gasteiger partial charge in [-0.3, -0.25) is 4.79 Å². The molecule has 0 saturated carbocycles. The van der Waals surface area contributed by atoms with Crippen LogP contribution in [0.3, 0.4) is 0 Å². The number of hydrogen-bond donors (Lipinski definition) is 1. The van der Waals surface area contributed by atoms with E-state index in [9.17, 15) is 13.6 Å². The maximum Gasteiger partial charge on any atom is 0.219 e. The van der Waals surface area contributed by atoms with Crippen molar-refractivity contribution in [1.29, 1.82) is 0 Å². The lowest BCUT2D eigenvalue weighted by molar-refractivity contribution is -0.130. The first kappa shape index (κ1) is 20.6. The molecule has 24 heavy (non-hydrogen) atoms. The smallest absolute Gasteiger partial charge is 0.219 e. The largest absolute Gasteiger partial charge is 0.357 e. The van der Waals surface area contributed by atoms with Crippen LogP contribution in [0.15, 0.2) is 23.2 Å². The first-order valence-electron chi connectivity index (χ1n) is 7.74. The van der Waals surface area contributed by atoms with E-state index < -0.39 is 11.6 Å². The quantitative estimate of drug-likeness (QED) is 0.435. The minimum atomic E-state index is -0.475. The second-order valence-corrected chi connectivity index (χ2v) is 5.40. The van der Waals surface area contributed by atoms with Gasteiger partial charge in [0.25, 0.3) is 0 Å². The number of aliphatic imine (C=N–C) groups is 1. The number of halogens is 3. The summed E-state index contributed by atoms with van der Waals surface area (Å²) in [5, 5.41) is 3.16. The van der Waals surface area contributed by atoms with Gasteiger partial charge in [-0.05, 0) is 25.1 Å². The molecule has 1 saturated heterocycles. The summed E-state index contributed by atoms with van der Waals surface area (Å²) in [7, 11) is 0. The van der Waals surface area contributed by atoms with Gasteiger partial charge in [-0.15, -0.1) is 24.0 Å². The Morgan fingerprint density at radius 1 is 1.21 bits per heavy atom. The molecule has 0 spiro atoms. The predicted octanol–water partition coefficient (Wildman–Crippen LogP) is 2.21. The molecule has 0 bridgehead atoms. The van der Waals surface area contributed by atoms with Gasteiger partial charge in [0.15, 0.2) is 5.96 Å². The van der Waals surface area contributed by atoms with Crippen LogP contribution in [0.4, 0.5) is 8.78 Å². The summed E-state index contributed by atoms with van der Waals surface area (Å²) in [6.07, 6.45) is 0. The number of guanidine groups is 1. The molecule has 0 unspecified atom stereocenters. The lowest BCUT2D eigenvalue weighted by Crippen LogP contribution is -2.53. The van der Waals surface area contributed by atoms with E-state index in [1.54, 1.807) is 11.8 Å². The SMILES string of the molecule is CCNC(=NCc1cc(F)ccc1F)N1CCN(C(C)=O)CC1.I. The first-order valence-corrected chi connectivity index (χ1v) is 7.74. The maximum absolute atomic E-state index is 13.7. The Morgan fingerprint density at radius 2 is 1.83 bits per heavy atom. The summed E-state index contributed by atoms with van der Waals surface area (Å²) in [6.45, 7) is 6.85. The topological polar surface area (TPSA) is 47.9 Å². The molecular formula is C16H23F2IN4O. The molecule has 1 amide bonds. The minimum Gasteiger partial charge on any atom is -0.357 e. The van der Waals surface area contributed by atoms with Gasteiger partial charge >= 0.3 is 0 Å². The van der Waals surface area contributed by atoms with E-state index in [0.29, 0.717) is 38.7 Å². The Balaban J connectivity index is 0.00000288. The van der Waals surface area contributed by atoms with Crippen LogP contribution in [-0.2, 0) is 11.3 Å². The number of benzene rings is 1. The van der Waals surface area contributed by atoms with Crippen LogP contribution < -0.4 is 5.32 Å². The average molecular weight is 452 g/mol. The molecule has 1 aliphatic rings. The van der Waals surface area contributed by atoms with Gasteiger partial charge in [-0.2, -0.15) is 0 Å². The first-order chi connectivity index (χ1) is 11.0. The molecule has 1 N–H and O–H groups in total. The van der Waals surface area contributed by atoms with Crippen molar-refractivity contribution in [1.82, 2.24) is 15.1 Å². The molecule has 1 aliphatic heterocycles. The van der Waals surface area contributed by atoms with E-state index in [-0.39, 0.29) is 42.0 Å². The van der Waals surface area contributed by atoms with Crippen molar-refractivity contribution in [3.05, 3.63) is 35.4 Å². The van der Waals surface area contributed by atoms with Gasteiger partial charge in [0.1, 0.15) is 11.6 Å². The van der Waals surface area contributed by atoms with Gasteiger partial charge in [0.05, 0.1) is 6.54 Å². The molecule has 1 aromatic carbocycles. The Kier molecular flexibility index (Phi) is 8.37. The van der Waals surface area contributed by atoms with E-state index in [1.165, 1.54) is 0 Å².